The van der Waals surface area contributed by atoms with E-state index in [1.54, 1.807) is 0 Å². The minimum Gasteiger partial charge on any atom is -0.355 e. The van der Waals surface area contributed by atoms with Crippen molar-refractivity contribution in [2.24, 2.45) is 0 Å². The SMILES string of the molecule is CCc1cccc(P(c2ccccc2)c2ccccc2)c1Nc1ccc(Cl)cc1. The molecule has 0 fully saturated rings. The fourth-order valence-corrected chi connectivity index (χ4v) is 6.05. The van der Waals surface area contributed by atoms with Crippen LogP contribution >= 0.6 is 19.5 Å². The van der Waals surface area contributed by atoms with E-state index in [1.807, 2.05) is 24.3 Å². The number of hydrogen-bond acceptors (Lipinski definition) is 1. The largest absolute Gasteiger partial charge is 0.355 e. The van der Waals surface area contributed by atoms with E-state index in [2.05, 4.69) is 91.1 Å². The molecule has 144 valence electrons. The summed E-state index contributed by atoms with van der Waals surface area (Å²) < 4.78 is 0. The lowest BCUT2D eigenvalue weighted by Crippen LogP contribution is -2.23. The van der Waals surface area contributed by atoms with E-state index in [1.165, 1.54) is 27.2 Å². The Labute approximate surface area is 179 Å². The van der Waals surface area contributed by atoms with Gasteiger partial charge in [0.15, 0.2) is 0 Å². The maximum atomic E-state index is 6.09. The van der Waals surface area contributed by atoms with Gasteiger partial charge in [0.05, 0.1) is 5.69 Å². The summed E-state index contributed by atoms with van der Waals surface area (Å²) in [6.07, 6.45) is 0.969. The van der Waals surface area contributed by atoms with Crippen LogP contribution in [0.4, 0.5) is 11.4 Å². The summed E-state index contributed by atoms with van der Waals surface area (Å²) in [5, 5.41) is 8.48. The number of benzene rings is 4. The smallest absolute Gasteiger partial charge is 0.0501 e. The van der Waals surface area contributed by atoms with E-state index >= 15 is 0 Å². The van der Waals surface area contributed by atoms with Crippen molar-refractivity contribution < 1.29 is 0 Å². The van der Waals surface area contributed by atoms with Crippen LogP contribution in [0.2, 0.25) is 5.02 Å². The Hall–Kier alpha value is -2.60. The van der Waals surface area contributed by atoms with Gasteiger partial charge in [-0.05, 0) is 54.8 Å². The Balaban J connectivity index is 1.87. The molecular weight excluding hydrogens is 393 g/mol. The number of aryl methyl sites for hydroxylation is 1. The Bertz CT molecular complexity index is 1020. The van der Waals surface area contributed by atoms with Gasteiger partial charge in [-0.2, -0.15) is 0 Å². The molecule has 4 aromatic carbocycles. The first-order valence-corrected chi connectivity index (χ1v) is 11.5. The van der Waals surface area contributed by atoms with Crippen molar-refractivity contribution in [2.75, 3.05) is 5.32 Å². The number of nitrogens with one attached hydrogen (secondary N) is 1. The standard InChI is InChI=1S/C26H23ClNP/c1-2-20-10-9-15-25(26(20)28-22-18-16-21(27)17-19-22)29(23-11-5-3-6-12-23)24-13-7-4-8-14-24/h3-19,28H,2H2,1H3. The van der Waals surface area contributed by atoms with Crippen LogP contribution in [0.5, 0.6) is 0 Å². The molecule has 0 aliphatic carbocycles. The van der Waals surface area contributed by atoms with Crippen molar-refractivity contribution in [3.8, 4) is 0 Å². The van der Waals surface area contributed by atoms with Gasteiger partial charge in [0.1, 0.15) is 0 Å². The highest BCUT2D eigenvalue weighted by Gasteiger charge is 2.21. The fraction of sp³-hybridized carbons (Fsp3) is 0.0769. The molecule has 0 saturated heterocycles. The summed E-state index contributed by atoms with van der Waals surface area (Å²) in [6, 6.07) is 36.2. The average Bonchev–Trinajstić information content (AvgIpc) is 2.78. The van der Waals surface area contributed by atoms with Crippen molar-refractivity contribution in [2.45, 2.75) is 13.3 Å². The molecule has 0 atom stereocenters. The van der Waals surface area contributed by atoms with Gasteiger partial charge < -0.3 is 5.32 Å². The second-order valence-electron chi connectivity index (χ2n) is 6.80. The van der Waals surface area contributed by atoms with Crippen LogP contribution in [0.3, 0.4) is 0 Å². The monoisotopic (exact) mass is 415 g/mol. The van der Waals surface area contributed by atoms with E-state index in [0.29, 0.717) is 0 Å². The van der Waals surface area contributed by atoms with Crippen LogP contribution in [-0.2, 0) is 6.42 Å². The third-order valence-corrected chi connectivity index (χ3v) is 7.63. The summed E-state index contributed by atoms with van der Waals surface area (Å²) in [6.45, 7) is 2.21. The van der Waals surface area contributed by atoms with Crippen LogP contribution < -0.4 is 21.2 Å². The highest BCUT2D eigenvalue weighted by Crippen LogP contribution is 2.37. The molecular formula is C26H23ClNP. The molecule has 29 heavy (non-hydrogen) atoms. The van der Waals surface area contributed by atoms with Crippen LogP contribution in [0.1, 0.15) is 12.5 Å². The van der Waals surface area contributed by atoms with Crippen molar-refractivity contribution in [1.29, 1.82) is 0 Å². The van der Waals surface area contributed by atoms with Gasteiger partial charge in [-0.25, -0.2) is 0 Å². The molecule has 0 heterocycles. The summed E-state index contributed by atoms with van der Waals surface area (Å²) in [5.74, 6) is 0. The molecule has 0 spiro atoms. The molecule has 0 radical (unpaired) electrons. The number of anilines is 2. The minimum atomic E-state index is -0.680. The lowest BCUT2D eigenvalue weighted by molar-refractivity contribution is 1.14. The Morgan fingerprint density at radius 1 is 0.690 bits per heavy atom. The molecule has 0 saturated carbocycles. The summed E-state index contributed by atoms with van der Waals surface area (Å²) >= 11 is 6.09. The van der Waals surface area contributed by atoms with Crippen LogP contribution in [-0.4, -0.2) is 0 Å². The third-order valence-electron chi connectivity index (χ3n) is 4.89. The quantitative estimate of drug-likeness (QED) is 0.359. The zero-order valence-electron chi connectivity index (χ0n) is 16.3. The van der Waals surface area contributed by atoms with Crippen molar-refractivity contribution in [3.05, 3.63) is 114 Å². The minimum absolute atomic E-state index is 0.680. The van der Waals surface area contributed by atoms with E-state index in [0.717, 1.165) is 17.1 Å². The van der Waals surface area contributed by atoms with E-state index < -0.39 is 7.92 Å². The maximum Gasteiger partial charge on any atom is 0.0501 e. The normalized spacial score (nSPS) is 10.9. The van der Waals surface area contributed by atoms with Gasteiger partial charge in [-0.3, -0.25) is 0 Å². The summed E-state index contributed by atoms with van der Waals surface area (Å²) in [7, 11) is -0.680. The van der Waals surface area contributed by atoms with Crippen molar-refractivity contribution in [1.82, 2.24) is 0 Å². The topological polar surface area (TPSA) is 12.0 Å². The van der Waals surface area contributed by atoms with Crippen LogP contribution in [0.25, 0.3) is 0 Å². The summed E-state index contributed by atoms with van der Waals surface area (Å²) in [4.78, 5) is 0. The van der Waals surface area contributed by atoms with E-state index in [9.17, 15) is 0 Å². The first-order chi connectivity index (χ1) is 14.3. The Morgan fingerprint density at radius 2 is 1.28 bits per heavy atom. The average molecular weight is 416 g/mol. The number of hydrogen-bond donors (Lipinski definition) is 1. The second kappa shape index (κ2) is 9.27. The molecule has 0 aliphatic heterocycles. The van der Waals surface area contributed by atoms with E-state index in [-0.39, 0.29) is 0 Å². The van der Waals surface area contributed by atoms with Gasteiger partial charge >= 0.3 is 0 Å². The van der Waals surface area contributed by atoms with Gasteiger partial charge in [0.25, 0.3) is 0 Å². The molecule has 1 N–H and O–H groups in total. The molecule has 0 unspecified atom stereocenters. The molecule has 1 nitrogen and oxygen atoms in total. The maximum absolute atomic E-state index is 6.09. The molecule has 0 aromatic heterocycles. The van der Waals surface area contributed by atoms with Gasteiger partial charge in [-0.15, -0.1) is 0 Å². The lowest BCUT2D eigenvalue weighted by Gasteiger charge is -2.24. The molecule has 0 aliphatic rings. The predicted octanol–water partition coefficient (Wildman–Crippen LogP) is 6.40. The molecule has 4 aromatic rings. The zero-order valence-corrected chi connectivity index (χ0v) is 18.0. The Morgan fingerprint density at radius 3 is 1.83 bits per heavy atom. The van der Waals surface area contributed by atoms with Crippen molar-refractivity contribution >= 4 is 46.8 Å². The first-order valence-electron chi connectivity index (χ1n) is 9.81. The lowest BCUT2D eigenvalue weighted by atomic mass is 10.1. The molecule has 3 heteroatoms. The summed E-state index contributed by atoms with van der Waals surface area (Å²) in [5.41, 5.74) is 3.57. The zero-order chi connectivity index (χ0) is 20.1. The first kappa shape index (κ1) is 19.7. The number of halogens is 1. The third kappa shape index (κ3) is 4.53. The van der Waals surface area contributed by atoms with Crippen LogP contribution in [0, 0.1) is 0 Å². The highest BCUT2D eigenvalue weighted by molar-refractivity contribution is 7.80. The van der Waals surface area contributed by atoms with Gasteiger partial charge in [0, 0.05) is 16.0 Å². The molecule has 4 rings (SSSR count). The van der Waals surface area contributed by atoms with Gasteiger partial charge in [-0.1, -0.05) is 97.4 Å². The van der Waals surface area contributed by atoms with E-state index in [4.69, 9.17) is 11.6 Å². The molecule has 0 amide bonds. The number of rotatable bonds is 6. The Kier molecular flexibility index (Phi) is 6.30. The fourth-order valence-electron chi connectivity index (χ4n) is 3.47. The predicted molar refractivity (Wildman–Crippen MR) is 129 cm³/mol. The second-order valence-corrected chi connectivity index (χ2v) is 9.43. The molecule has 0 bridgehead atoms. The van der Waals surface area contributed by atoms with Gasteiger partial charge in [0.2, 0.25) is 0 Å². The van der Waals surface area contributed by atoms with Crippen LogP contribution in [0.15, 0.2) is 103 Å². The number of para-hydroxylation sites is 1. The highest BCUT2D eigenvalue weighted by atomic mass is 35.5. The van der Waals surface area contributed by atoms with Crippen molar-refractivity contribution in [3.63, 3.8) is 0 Å².